The monoisotopic (exact) mass is 355 g/mol. The molecule has 7 nitrogen and oxygen atoms in total. The third-order valence-electron chi connectivity index (χ3n) is 4.73. The van der Waals surface area contributed by atoms with Gasteiger partial charge in [0.25, 0.3) is 0 Å². The van der Waals surface area contributed by atoms with Crippen molar-refractivity contribution in [2.45, 2.75) is 38.3 Å². The van der Waals surface area contributed by atoms with E-state index in [1.807, 2.05) is 20.0 Å². The van der Waals surface area contributed by atoms with Crippen molar-refractivity contribution in [1.29, 1.82) is 5.26 Å². The Balaban J connectivity index is 1.55. The van der Waals surface area contributed by atoms with Crippen LogP contribution in [0.4, 0.5) is 0 Å². The molecule has 3 rings (SSSR count). The summed E-state index contributed by atoms with van der Waals surface area (Å²) in [6.45, 7) is 6.78. The SMILES string of the molecule is CC(C)n1cc([C@@]2(O)CCCN(CCOc3ccc(C#N)cc3)C2)nn1. The lowest BCUT2D eigenvalue weighted by molar-refractivity contribution is -0.0413. The van der Waals surface area contributed by atoms with Crippen molar-refractivity contribution in [1.82, 2.24) is 19.9 Å². The van der Waals surface area contributed by atoms with E-state index in [9.17, 15) is 5.11 Å². The van der Waals surface area contributed by atoms with Crippen molar-refractivity contribution < 1.29 is 9.84 Å². The highest BCUT2D eigenvalue weighted by atomic mass is 16.5. The van der Waals surface area contributed by atoms with Crippen LogP contribution < -0.4 is 4.74 Å². The second-order valence-corrected chi connectivity index (χ2v) is 7.07. The number of piperidine rings is 1. The Kier molecular flexibility index (Phi) is 5.55. The number of nitriles is 1. The van der Waals surface area contributed by atoms with E-state index in [1.165, 1.54) is 0 Å². The summed E-state index contributed by atoms with van der Waals surface area (Å²) < 4.78 is 7.53. The molecule has 0 saturated carbocycles. The minimum absolute atomic E-state index is 0.223. The van der Waals surface area contributed by atoms with E-state index < -0.39 is 5.60 Å². The van der Waals surface area contributed by atoms with Crippen LogP contribution in [-0.2, 0) is 5.60 Å². The number of nitrogens with zero attached hydrogens (tertiary/aromatic N) is 5. The van der Waals surface area contributed by atoms with Crippen molar-refractivity contribution in [2.75, 3.05) is 26.2 Å². The van der Waals surface area contributed by atoms with Gasteiger partial charge in [0.05, 0.1) is 17.8 Å². The Bertz CT molecular complexity index is 765. The summed E-state index contributed by atoms with van der Waals surface area (Å²) in [5.74, 6) is 0.746. The van der Waals surface area contributed by atoms with Crippen LogP contribution in [0.5, 0.6) is 5.75 Å². The third-order valence-corrected chi connectivity index (χ3v) is 4.73. The maximum Gasteiger partial charge on any atom is 0.123 e. The first-order chi connectivity index (χ1) is 12.5. The van der Waals surface area contributed by atoms with Gasteiger partial charge in [-0.1, -0.05) is 5.21 Å². The molecule has 0 bridgehead atoms. The summed E-state index contributed by atoms with van der Waals surface area (Å²) in [5.41, 5.74) is 0.302. The topological polar surface area (TPSA) is 87.2 Å². The van der Waals surface area contributed by atoms with E-state index in [0.29, 0.717) is 30.8 Å². The van der Waals surface area contributed by atoms with Gasteiger partial charge in [-0.15, -0.1) is 5.10 Å². The average Bonchev–Trinajstić information content (AvgIpc) is 3.14. The van der Waals surface area contributed by atoms with E-state index in [1.54, 1.807) is 28.9 Å². The van der Waals surface area contributed by atoms with Gasteiger partial charge in [-0.3, -0.25) is 4.90 Å². The standard InChI is InChI=1S/C19H25N5O2/c1-15(2)24-13-18(21-22-24)19(25)8-3-9-23(14-19)10-11-26-17-6-4-16(12-20)5-7-17/h4-7,13,15,25H,3,8-11,14H2,1-2H3/t19-/m1/s1. The van der Waals surface area contributed by atoms with Crippen LogP contribution in [0.15, 0.2) is 30.5 Å². The molecule has 26 heavy (non-hydrogen) atoms. The Labute approximate surface area is 153 Å². The summed E-state index contributed by atoms with van der Waals surface area (Å²) >= 11 is 0. The molecule has 1 atom stereocenters. The number of rotatable bonds is 6. The zero-order valence-electron chi connectivity index (χ0n) is 15.3. The maximum absolute atomic E-state index is 11.1. The molecule has 7 heteroatoms. The predicted octanol–water partition coefficient (Wildman–Crippen LogP) is 2.09. The summed E-state index contributed by atoms with van der Waals surface area (Å²) in [4.78, 5) is 2.20. The fraction of sp³-hybridized carbons (Fsp3) is 0.526. The number of ether oxygens (including phenoxy) is 1. The average molecular weight is 355 g/mol. The molecule has 1 aromatic heterocycles. The summed E-state index contributed by atoms with van der Waals surface area (Å²) in [6, 6.07) is 9.40. The zero-order valence-corrected chi connectivity index (χ0v) is 15.3. The van der Waals surface area contributed by atoms with Crippen molar-refractivity contribution in [3.63, 3.8) is 0 Å². The second kappa shape index (κ2) is 7.85. The lowest BCUT2D eigenvalue weighted by atomic mass is 9.90. The summed E-state index contributed by atoms with van der Waals surface area (Å²) in [6.07, 6.45) is 3.44. The van der Waals surface area contributed by atoms with Gasteiger partial charge in [-0.2, -0.15) is 5.26 Å². The van der Waals surface area contributed by atoms with E-state index in [4.69, 9.17) is 10.00 Å². The molecular weight excluding hydrogens is 330 g/mol. The highest BCUT2D eigenvalue weighted by molar-refractivity contribution is 5.34. The number of aliphatic hydroxyl groups is 1. The van der Waals surface area contributed by atoms with Crippen LogP contribution in [0.2, 0.25) is 0 Å². The summed E-state index contributed by atoms with van der Waals surface area (Å²) in [7, 11) is 0. The molecule has 0 aliphatic carbocycles. The maximum atomic E-state index is 11.1. The van der Waals surface area contributed by atoms with E-state index in [2.05, 4.69) is 21.3 Å². The highest BCUT2D eigenvalue weighted by Crippen LogP contribution is 2.30. The molecule has 0 unspecified atom stereocenters. The minimum atomic E-state index is -0.958. The van der Waals surface area contributed by atoms with Crippen molar-refractivity contribution >= 4 is 0 Å². The van der Waals surface area contributed by atoms with E-state index >= 15 is 0 Å². The van der Waals surface area contributed by atoms with Crippen LogP contribution in [0, 0.1) is 11.3 Å². The zero-order chi connectivity index (χ0) is 18.6. The molecule has 1 aliphatic rings. The number of aromatic nitrogens is 3. The molecule has 0 amide bonds. The second-order valence-electron chi connectivity index (χ2n) is 7.07. The van der Waals surface area contributed by atoms with Crippen LogP contribution >= 0.6 is 0 Å². The minimum Gasteiger partial charge on any atom is -0.492 e. The largest absolute Gasteiger partial charge is 0.492 e. The highest BCUT2D eigenvalue weighted by Gasteiger charge is 2.37. The number of hydrogen-bond acceptors (Lipinski definition) is 6. The molecule has 1 aromatic carbocycles. The Morgan fingerprint density at radius 3 is 2.77 bits per heavy atom. The molecule has 138 valence electrons. The molecular formula is C19H25N5O2. The Hall–Kier alpha value is -2.43. The lowest BCUT2D eigenvalue weighted by Crippen LogP contribution is -2.47. The first-order valence-electron chi connectivity index (χ1n) is 9.00. The molecule has 2 aromatic rings. The van der Waals surface area contributed by atoms with Crippen molar-refractivity contribution in [3.05, 3.63) is 41.7 Å². The van der Waals surface area contributed by atoms with Crippen molar-refractivity contribution in [3.8, 4) is 11.8 Å². The molecule has 0 spiro atoms. The Morgan fingerprint density at radius 2 is 2.12 bits per heavy atom. The van der Waals surface area contributed by atoms with Gasteiger partial charge in [-0.05, 0) is 57.5 Å². The number of likely N-dealkylation sites (tertiary alicyclic amines) is 1. The van der Waals surface area contributed by atoms with Crippen LogP contribution in [-0.4, -0.2) is 51.2 Å². The quantitative estimate of drug-likeness (QED) is 0.854. The van der Waals surface area contributed by atoms with Gasteiger partial charge in [-0.25, -0.2) is 4.68 Å². The van der Waals surface area contributed by atoms with Crippen LogP contribution in [0.1, 0.15) is 44.0 Å². The van der Waals surface area contributed by atoms with Gasteiger partial charge in [0.15, 0.2) is 0 Å². The van der Waals surface area contributed by atoms with Gasteiger partial charge < -0.3 is 9.84 Å². The normalized spacial score (nSPS) is 20.9. The third kappa shape index (κ3) is 4.21. The lowest BCUT2D eigenvalue weighted by Gasteiger charge is -2.37. The van der Waals surface area contributed by atoms with Gasteiger partial charge >= 0.3 is 0 Å². The van der Waals surface area contributed by atoms with E-state index in [0.717, 1.165) is 25.3 Å². The van der Waals surface area contributed by atoms with Crippen LogP contribution in [0.3, 0.4) is 0 Å². The first-order valence-corrected chi connectivity index (χ1v) is 9.00. The fourth-order valence-corrected chi connectivity index (χ4v) is 3.18. The summed E-state index contributed by atoms with van der Waals surface area (Å²) in [5, 5.41) is 28.2. The molecule has 0 radical (unpaired) electrons. The number of β-amino-alcohol motifs (C(OH)–C–C–N with tert-alkyl or cyclic N) is 1. The molecule has 1 saturated heterocycles. The molecule has 1 N–H and O–H groups in total. The molecule has 2 heterocycles. The number of benzene rings is 1. The first kappa shape index (κ1) is 18.4. The fourth-order valence-electron chi connectivity index (χ4n) is 3.18. The van der Waals surface area contributed by atoms with Gasteiger partial charge in [0, 0.05) is 19.1 Å². The van der Waals surface area contributed by atoms with Gasteiger partial charge in [0.1, 0.15) is 23.7 Å². The molecule has 1 fully saturated rings. The molecule has 1 aliphatic heterocycles. The van der Waals surface area contributed by atoms with Crippen LogP contribution in [0.25, 0.3) is 0 Å². The van der Waals surface area contributed by atoms with Gasteiger partial charge in [0.2, 0.25) is 0 Å². The van der Waals surface area contributed by atoms with E-state index in [-0.39, 0.29) is 6.04 Å². The Morgan fingerprint density at radius 1 is 1.35 bits per heavy atom. The predicted molar refractivity (Wildman–Crippen MR) is 96.6 cm³/mol. The van der Waals surface area contributed by atoms with Crippen molar-refractivity contribution in [2.24, 2.45) is 0 Å². The number of hydrogen-bond donors (Lipinski definition) is 1. The smallest absolute Gasteiger partial charge is 0.123 e.